The van der Waals surface area contributed by atoms with Crippen molar-refractivity contribution in [1.29, 1.82) is 0 Å². The Labute approximate surface area is 161 Å². The van der Waals surface area contributed by atoms with Crippen LogP contribution in [0, 0.1) is 5.82 Å². The minimum absolute atomic E-state index is 0.0549. The Morgan fingerprint density at radius 1 is 0.963 bits per heavy atom. The van der Waals surface area contributed by atoms with E-state index < -0.39 is 5.82 Å². The maximum absolute atomic E-state index is 13.3. The van der Waals surface area contributed by atoms with E-state index in [-0.39, 0.29) is 5.02 Å². The van der Waals surface area contributed by atoms with Crippen molar-refractivity contribution in [3.63, 3.8) is 0 Å². The SMILES string of the molecule is Fc1ccc(Nc2cnnc(N3CCN(c4ccccc4)CC3)n2)cc1Cl. The molecule has 0 saturated carbocycles. The van der Waals surface area contributed by atoms with Crippen LogP contribution < -0.4 is 15.1 Å². The van der Waals surface area contributed by atoms with Crippen molar-refractivity contribution in [2.45, 2.75) is 0 Å². The number of hydrogen-bond donors (Lipinski definition) is 1. The average Bonchev–Trinajstić information content (AvgIpc) is 2.72. The second-order valence-corrected chi connectivity index (χ2v) is 6.61. The Bertz CT molecular complexity index is 915. The number of halogens is 2. The van der Waals surface area contributed by atoms with Crippen molar-refractivity contribution in [3.8, 4) is 0 Å². The molecule has 0 atom stereocenters. The lowest BCUT2D eigenvalue weighted by Gasteiger charge is -2.35. The standard InChI is InChI=1S/C19H18ClFN6/c20-16-12-14(6-7-17(16)21)23-18-13-22-25-19(24-18)27-10-8-26(9-11-27)15-4-2-1-3-5-15/h1-7,12-13H,8-11H2,(H,23,24,25). The van der Waals surface area contributed by atoms with Crippen LogP contribution in [0.25, 0.3) is 0 Å². The van der Waals surface area contributed by atoms with Crippen LogP contribution in [0.5, 0.6) is 0 Å². The third kappa shape index (κ3) is 4.09. The van der Waals surface area contributed by atoms with Crippen LogP contribution in [0.3, 0.4) is 0 Å². The molecule has 0 aliphatic carbocycles. The van der Waals surface area contributed by atoms with Gasteiger partial charge in [-0.15, -0.1) is 5.10 Å². The van der Waals surface area contributed by atoms with E-state index in [4.69, 9.17) is 11.6 Å². The summed E-state index contributed by atoms with van der Waals surface area (Å²) < 4.78 is 13.3. The molecule has 0 amide bonds. The first-order valence-electron chi connectivity index (χ1n) is 8.66. The first-order valence-corrected chi connectivity index (χ1v) is 9.03. The highest BCUT2D eigenvalue weighted by molar-refractivity contribution is 6.31. The third-order valence-electron chi connectivity index (χ3n) is 4.42. The second kappa shape index (κ2) is 7.75. The molecule has 8 heteroatoms. The van der Waals surface area contributed by atoms with E-state index >= 15 is 0 Å². The van der Waals surface area contributed by atoms with Crippen LogP contribution in [-0.4, -0.2) is 41.4 Å². The molecule has 1 saturated heterocycles. The van der Waals surface area contributed by atoms with Crippen LogP contribution >= 0.6 is 11.6 Å². The van der Waals surface area contributed by atoms with Crippen LogP contribution in [-0.2, 0) is 0 Å². The Morgan fingerprint density at radius 2 is 1.70 bits per heavy atom. The van der Waals surface area contributed by atoms with Gasteiger partial charge < -0.3 is 15.1 Å². The minimum atomic E-state index is -0.458. The van der Waals surface area contributed by atoms with Gasteiger partial charge in [-0.25, -0.2) is 4.39 Å². The summed E-state index contributed by atoms with van der Waals surface area (Å²) >= 11 is 5.82. The van der Waals surface area contributed by atoms with Gasteiger partial charge in [-0.1, -0.05) is 29.8 Å². The van der Waals surface area contributed by atoms with Gasteiger partial charge in [0, 0.05) is 37.6 Å². The van der Waals surface area contributed by atoms with Crippen LogP contribution in [0.2, 0.25) is 5.02 Å². The maximum Gasteiger partial charge on any atom is 0.247 e. The number of rotatable bonds is 4. The van der Waals surface area contributed by atoms with E-state index in [9.17, 15) is 4.39 Å². The predicted octanol–water partition coefficient (Wildman–Crippen LogP) is 3.73. The molecule has 1 fully saturated rings. The average molecular weight is 385 g/mol. The van der Waals surface area contributed by atoms with Gasteiger partial charge >= 0.3 is 0 Å². The van der Waals surface area contributed by atoms with E-state index in [0.29, 0.717) is 17.5 Å². The lowest BCUT2D eigenvalue weighted by atomic mass is 10.2. The number of nitrogens with zero attached hydrogens (tertiary/aromatic N) is 5. The van der Waals surface area contributed by atoms with Crippen molar-refractivity contribution in [1.82, 2.24) is 15.2 Å². The summed E-state index contributed by atoms with van der Waals surface area (Å²) in [5.74, 6) is 0.647. The highest BCUT2D eigenvalue weighted by Gasteiger charge is 2.19. The Balaban J connectivity index is 1.43. The molecule has 0 spiro atoms. The summed E-state index contributed by atoms with van der Waals surface area (Å²) in [4.78, 5) is 8.97. The first kappa shape index (κ1) is 17.5. The van der Waals surface area contributed by atoms with E-state index in [1.54, 1.807) is 6.07 Å². The number of para-hydroxylation sites is 1. The molecule has 1 aliphatic rings. The van der Waals surface area contributed by atoms with E-state index in [1.165, 1.54) is 24.0 Å². The largest absolute Gasteiger partial charge is 0.368 e. The normalized spacial score (nSPS) is 14.3. The fourth-order valence-corrected chi connectivity index (χ4v) is 3.19. The molecule has 0 bridgehead atoms. The minimum Gasteiger partial charge on any atom is -0.368 e. The highest BCUT2D eigenvalue weighted by atomic mass is 35.5. The van der Waals surface area contributed by atoms with Gasteiger partial charge in [0.25, 0.3) is 0 Å². The predicted molar refractivity (Wildman–Crippen MR) is 105 cm³/mol. The van der Waals surface area contributed by atoms with Crippen molar-refractivity contribution >= 4 is 34.7 Å². The summed E-state index contributed by atoms with van der Waals surface area (Å²) in [5.41, 5.74) is 1.86. The van der Waals surface area contributed by atoms with Crippen LogP contribution in [0.4, 0.5) is 27.5 Å². The highest BCUT2D eigenvalue weighted by Crippen LogP contribution is 2.23. The van der Waals surface area contributed by atoms with Gasteiger partial charge in [-0.2, -0.15) is 10.1 Å². The number of hydrogen-bond acceptors (Lipinski definition) is 6. The zero-order chi connectivity index (χ0) is 18.6. The number of anilines is 4. The van der Waals surface area contributed by atoms with Gasteiger partial charge in [0.05, 0.1) is 11.2 Å². The van der Waals surface area contributed by atoms with Gasteiger partial charge in [-0.3, -0.25) is 0 Å². The lowest BCUT2D eigenvalue weighted by molar-refractivity contribution is 0.628. The topological polar surface area (TPSA) is 57.2 Å². The van der Waals surface area contributed by atoms with E-state index in [0.717, 1.165) is 26.2 Å². The number of aromatic nitrogens is 3. The Hall–Kier alpha value is -2.93. The van der Waals surface area contributed by atoms with Crippen LogP contribution in [0.1, 0.15) is 0 Å². The first-order chi connectivity index (χ1) is 13.2. The third-order valence-corrected chi connectivity index (χ3v) is 4.71. The molecule has 1 N–H and O–H groups in total. The quantitative estimate of drug-likeness (QED) is 0.739. The molecule has 2 aromatic carbocycles. The number of piperazine rings is 1. The summed E-state index contributed by atoms with van der Waals surface area (Å²) in [6, 6.07) is 14.8. The molecule has 0 unspecified atom stereocenters. The second-order valence-electron chi connectivity index (χ2n) is 6.21. The van der Waals surface area contributed by atoms with E-state index in [1.807, 2.05) is 18.2 Å². The van der Waals surface area contributed by atoms with Crippen molar-refractivity contribution < 1.29 is 4.39 Å². The molecule has 1 aromatic heterocycles. The molecule has 138 valence electrons. The monoisotopic (exact) mass is 384 g/mol. The van der Waals surface area contributed by atoms with Crippen molar-refractivity contribution in [2.75, 3.05) is 41.3 Å². The molecule has 1 aliphatic heterocycles. The molecule has 2 heterocycles. The molecular weight excluding hydrogens is 367 g/mol. The zero-order valence-electron chi connectivity index (χ0n) is 14.5. The molecule has 4 rings (SSSR count). The molecule has 3 aromatic rings. The lowest BCUT2D eigenvalue weighted by Crippen LogP contribution is -2.47. The molecule has 6 nitrogen and oxygen atoms in total. The number of benzene rings is 2. The van der Waals surface area contributed by atoms with Gasteiger partial charge in [-0.05, 0) is 30.3 Å². The Kier molecular flexibility index (Phi) is 5.02. The fourth-order valence-electron chi connectivity index (χ4n) is 3.01. The van der Waals surface area contributed by atoms with E-state index in [2.05, 4.69) is 42.4 Å². The summed E-state index contributed by atoms with van der Waals surface area (Å²) in [7, 11) is 0. The summed E-state index contributed by atoms with van der Waals surface area (Å²) in [5, 5.41) is 11.3. The van der Waals surface area contributed by atoms with Crippen molar-refractivity contribution in [3.05, 3.63) is 65.6 Å². The fraction of sp³-hybridized carbons (Fsp3) is 0.211. The molecule has 27 heavy (non-hydrogen) atoms. The maximum atomic E-state index is 13.3. The molecular formula is C19H18ClFN6. The summed E-state index contributed by atoms with van der Waals surface area (Å²) in [6.45, 7) is 3.39. The molecule has 0 radical (unpaired) electrons. The van der Waals surface area contributed by atoms with Gasteiger partial charge in [0.2, 0.25) is 5.95 Å². The van der Waals surface area contributed by atoms with Gasteiger partial charge in [0.1, 0.15) is 5.82 Å². The van der Waals surface area contributed by atoms with Crippen LogP contribution in [0.15, 0.2) is 54.7 Å². The summed E-state index contributed by atoms with van der Waals surface area (Å²) in [6.07, 6.45) is 1.53. The Morgan fingerprint density at radius 3 is 2.44 bits per heavy atom. The van der Waals surface area contributed by atoms with Gasteiger partial charge in [0.15, 0.2) is 5.82 Å². The number of nitrogens with one attached hydrogen (secondary N) is 1. The smallest absolute Gasteiger partial charge is 0.247 e. The zero-order valence-corrected chi connectivity index (χ0v) is 15.3. The van der Waals surface area contributed by atoms with Crippen molar-refractivity contribution in [2.24, 2.45) is 0 Å².